The molecule has 31 heavy (non-hydrogen) atoms. The Balaban J connectivity index is 1.49. The Hall–Kier alpha value is -3.85. The summed E-state index contributed by atoms with van der Waals surface area (Å²) in [7, 11) is 0. The van der Waals surface area contributed by atoms with Crippen LogP contribution in [0.3, 0.4) is 0 Å². The van der Waals surface area contributed by atoms with E-state index in [-0.39, 0.29) is 6.54 Å². The third kappa shape index (κ3) is 3.49. The van der Waals surface area contributed by atoms with E-state index in [2.05, 4.69) is 15.4 Å². The average Bonchev–Trinajstić information content (AvgIpc) is 3.32. The second-order valence-corrected chi connectivity index (χ2v) is 8.01. The highest BCUT2D eigenvalue weighted by molar-refractivity contribution is 7.18. The Kier molecular flexibility index (Phi) is 4.59. The number of aryl methyl sites for hydroxylation is 1. The lowest BCUT2D eigenvalue weighted by Crippen LogP contribution is -2.28. The van der Waals surface area contributed by atoms with Crippen LogP contribution in [0, 0.1) is 12.7 Å². The lowest BCUT2D eigenvalue weighted by atomic mass is 10.1. The van der Waals surface area contributed by atoms with Gasteiger partial charge in [0.15, 0.2) is 5.65 Å². The van der Waals surface area contributed by atoms with Gasteiger partial charge in [0.25, 0.3) is 0 Å². The fourth-order valence-electron chi connectivity index (χ4n) is 3.34. The molecular formula is C22H16FN5O2S. The number of fused-ring (bicyclic) bond motifs is 3. The number of benzene rings is 2. The molecule has 7 nitrogen and oxygen atoms in total. The second kappa shape index (κ2) is 7.44. The van der Waals surface area contributed by atoms with Gasteiger partial charge in [0.1, 0.15) is 18.7 Å². The normalized spacial score (nSPS) is 11.3. The van der Waals surface area contributed by atoms with E-state index in [0.717, 1.165) is 26.0 Å². The van der Waals surface area contributed by atoms with E-state index in [1.54, 1.807) is 0 Å². The average molecular weight is 433 g/mol. The number of carbonyl (C=O) groups excluding carboxylic acids is 1. The number of carbonyl (C=O) groups is 1. The van der Waals surface area contributed by atoms with Gasteiger partial charge in [-0.3, -0.25) is 4.79 Å². The number of halogens is 1. The highest BCUT2D eigenvalue weighted by Crippen LogP contribution is 2.34. The van der Waals surface area contributed by atoms with E-state index in [1.807, 2.05) is 36.6 Å². The van der Waals surface area contributed by atoms with E-state index in [1.165, 1.54) is 51.9 Å². The van der Waals surface area contributed by atoms with Crippen LogP contribution in [0.1, 0.15) is 5.56 Å². The van der Waals surface area contributed by atoms with E-state index in [0.29, 0.717) is 11.3 Å². The molecule has 0 spiro atoms. The molecule has 0 aliphatic carbocycles. The molecule has 0 saturated heterocycles. The summed E-state index contributed by atoms with van der Waals surface area (Å²) in [4.78, 5) is 29.5. The number of aromatic nitrogens is 4. The lowest BCUT2D eigenvalue weighted by molar-refractivity contribution is -0.117. The number of nitrogens with zero attached hydrogens (tertiary/aromatic N) is 4. The van der Waals surface area contributed by atoms with Crippen molar-refractivity contribution in [3.05, 3.63) is 82.1 Å². The van der Waals surface area contributed by atoms with Gasteiger partial charge in [-0.05, 0) is 36.8 Å². The first-order valence-electron chi connectivity index (χ1n) is 9.47. The van der Waals surface area contributed by atoms with Crippen LogP contribution in [0.2, 0.25) is 0 Å². The monoisotopic (exact) mass is 433 g/mol. The first kappa shape index (κ1) is 19.1. The Morgan fingerprint density at radius 2 is 1.87 bits per heavy atom. The fraction of sp³-hybridized carbons (Fsp3) is 0.0909. The molecule has 0 unspecified atom stereocenters. The molecule has 0 aliphatic rings. The molecule has 1 N–H and O–H groups in total. The zero-order chi connectivity index (χ0) is 21.5. The molecule has 5 rings (SSSR count). The maximum atomic E-state index is 13.0. The molecule has 5 aromatic rings. The summed E-state index contributed by atoms with van der Waals surface area (Å²) >= 11 is 1.45. The van der Waals surface area contributed by atoms with Crippen LogP contribution >= 0.6 is 11.3 Å². The molecule has 0 aliphatic heterocycles. The molecule has 0 atom stereocenters. The van der Waals surface area contributed by atoms with Crippen molar-refractivity contribution in [3.63, 3.8) is 0 Å². The van der Waals surface area contributed by atoms with Gasteiger partial charge in [-0.2, -0.15) is 0 Å². The van der Waals surface area contributed by atoms with Crippen LogP contribution in [0.15, 0.2) is 65.0 Å². The minimum absolute atomic E-state index is 0.268. The van der Waals surface area contributed by atoms with E-state index in [4.69, 9.17) is 0 Å². The number of amides is 1. The minimum atomic E-state index is -0.455. The van der Waals surface area contributed by atoms with Crippen LogP contribution in [-0.2, 0) is 11.3 Å². The largest absolute Gasteiger partial charge is 0.352 e. The first-order chi connectivity index (χ1) is 15.0. The maximum Gasteiger partial charge on any atom is 0.352 e. The van der Waals surface area contributed by atoms with Gasteiger partial charge in [-0.1, -0.05) is 29.8 Å². The van der Waals surface area contributed by atoms with Gasteiger partial charge in [0.05, 0.1) is 10.2 Å². The van der Waals surface area contributed by atoms with Gasteiger partial charge in [0.2, 0.25) is 5.91 Å². The number of thiophene rings is 1. The fourth-order valence-corrected chi connectivity index (χ4v) is 4.35. The van der Waals surface area contributed by atoms with Gasteiger partial charge in [-0.15, -0.1) is 16.4 Å². The number of anilines is 1. The van der Waals surface area contributed by atoms with Gasteiger partial charge in [0, 0.05) is 16.6 Å². The summed E-state index contributed by atoms with van der Waals surface area (Å²) in [6, 6.07) is 13.5. The quantitative estimate of drug-likeness (QED) is 0.467. The number of hydrogen-bond donors (Lipinski definition) is 1. The SMILES string of the molecule is Cc1ccc(-c2csc3c2ncn2c(=O)n(CC(=O)Nc4ccc(F)cc4)nc32)cc1. The molecule has 2 aromatic carbocycles. The molecule has 3 heterocycles. The predicted octanol–water partition coefficient (Wildman–Crippen LogP) is 3.86. The molecule has 0 saturated carbocycles. The molecule has 9 heteroatoms. The van der Waals surface area contributed by atoms with Crippen molar-refractivity contribution in [2.75, 3.05) is 5.32 Å². The summed E-state index contributed by atoms with van der Waals surface area (Å²) in [6.45, 7) is 1.76. The van der Waals surface area contributed by atoms with Crippen molar-refractivity contribution < 1.29 is 9.18 Å². The predicted molar refractivity (Wildman–Crippen MR) is 118 cm³/mol. The third-order valence-electron chi connectivity index (χ3n) is 4.92. The van der Waals surface area contributed by atoms with Crippen LogP contribution in [0.25, 0.3) is 27.0 Å². The van der Waals surface area contributed by atoms with Crippen LogP contribution in [-0.4, -0.2) is 25.1 Å². The van der Waals surface area contributed by atoms with Crippen LogP contribution in [0.4, 0.5) is 10.1 Å². The van der Waals surface area contributed by atoms with Crippen LogP contribution < -0.4 is 11.0 Å². The Bertz CT molecular complexity index is 1480. The molecule has 3 aromatic heterocycles. The lowest BCUT2D eigenvalue weighted by Gasteiger charge is -2.04. The van der Waals surface area contributed by atoms with Gasteiger partial charge in [-0.25, -0.2) is 23.3 Å². The van der Waals surface area contributed by atoms with Gasteiger partial charge < -0.3 is 5.32 Å². The van der Waals surface area contributed by atoms with E-state index >= 15 is 0 Å². The van der Waals surface area contributed by atoms with E-state index < -0.39 is 17.4 Å². The van der Waals surface area contributed by atoms with Crippen molar-refractivity contribution in [1.82, 2.24) is 19.2 Å². The zero-order valence-corrected chi connectivity index (χ0v) is 17.2. The molecule has 0 bridgehead atoms. The maximum absolute atomic E-state index is 13.0. The van der Waals surface area contributed by atoms with Crippen molar-refractivity contribution in [3.8, 4) is 11.1 Å². The van der Waals surface area contributed by atoms with Crippen molar-refractivity contribution in [1.29, 1.82) is 0 Å². The summed E-state index contributed by atoms with van der Waals surface area (Å²) in [5.41, 5.74) is 4.37. The zero-order valence-electron chi connectivity index (χ0n) is 16.4. The molecular weight excluding hydrogens is 417 g/mol. The Morgan fingerprint density at radius 3 is 2.61 bits per heavy atom. The summed E-state index contributed by atoms with van der Waals surface area (Å²) < 4.78 is 16.2. The second-order valence-electron chi connectivity index (χ2n) is 7.13. The van der Waals surface area contributed by atoms with Crippen molar-refractivity contribution >= 4 is 38.8 Å². The summed E-state index contributed by atoms with van der Waals surface area (Å²) in [5.74, 6) is -0.833. The van der Waals surface area contributed by atoms with E-state index in [9.17, 15) is 14.0 Å². The summed E-state index contributed by atoms with van der Waals surface area (Å²) in [5, 5.41) is 9.00. The van der Waals surface area contributed by atoms with Crippen LogP contribution in [0.5, 0.6) is 0 Å². The Morgan fingerprint density at radius 1 is 1.13 bits per heavy atom. The standard InChI is InChI=1S/C22H16FN5O2S/c1-13-2-4-14(5-3-13)17-11-31-20-19(17)24-12-27-21(20)26-28(22(27)30)10-18(29)25-16-8-6-15(23)7-9-16/h2-9,11-12H,10H2,1H3,(H,25,29). The number of rotatable bonds is 4. The highest BCUT2D eigenvalue weighted by atomic mass is 32.1. The third-order valence-corrected chi connectivity index (χ3v) is 5.89. The van der Waals surface area contributed by atoms with Gasteiger partial charge >= 0.3 is 5.69 Å². The summed E-state index contributed by atoms with van der Waals surface area (Å²) in [6.07, 6.45) is 1.44. The Labute approximate surface area is 179 Å². The molecule has 0 radical (unpaired) electrons. The smallest absolute Gasteiger partial charge is 0.324 e. The first-order valence-corrected chi connectivity index (χ1v) is 10.4. The van der Waals surface area contributed by atoms with Crippen molar-refractivity contribution in [2.45, 2.75) is 13.5 Å². The topological polar surface area (TPSA) is 81.3 Å². The highest BCUT2D eigenvalue weighted by Gasteiger charge is 2.17. The number of hydrogen-bond acceptors (Lipinski definition) is 5. The minimum Gasteiger partial charge on any atom is -0.324 e. The molecule has 154 valence electrons. The molecule has 0 fully saturated rings. The van der Waals surface area contributed by atoms with Crippen molar-refractivity contribution in [2.24, 2.45) is 0 Å². The molecule has 1 amide bonds. The number of nitrogens with one attached hydrogen (secondary N) is 1.